The van der Waals surface area contributed by atoms with Crippen molar-refractivity contribution in [2.75, 3.05) is 57.0 Å². The highest BCUT2D eigenvalue weighted by Gasteiger charge is 2.50. The molecule has 0 radical (unpaired) electrons. The third-order valence-electron chi connectivity index (χ3n) is 6.14. The molecule has 0 aliphatic carbocycles. The zero-order valence-corrected chi connectivity index (χ0v) is 19.7. The number of hydrogen-bond donors (Lipinski definition) is 0. The molecular weight excluding hydrogens is 418 g/mol. The van der Waals surface area contributed by atoms with Gasteiger partial charge >= 0.3 is 6.09 Å². The lowest BCUT2D eigenvalue weighted by molar-refractivity contribution is -0.0833. The number of nitrogens with zero attached hydrogens (tertiary/aromatic N) is 3. The standard InChI is InChI=1S/C22H33N3O5S/c1-21(2,3)16-29-20(26)24-14-22(15-24)8-7-17-13-18(5-6-19(17)30-22)23-9-11-25(12-10-23)31(4,27)28/h5-6,13H,7-12,14-16H2,1-4H3. The minimum absolute atomic E-state index is 0.0480. The number of carbonyl (C=O) groups excluding carboxylic acids is 1. The minimum atomic E-state index is -3.13. The van der Waals surface area contributed by atoms with Gasteiger partial charge in [-0.1, -0.05) is 20.8 Å². The molecule has 9 heteroatoms. The molecule has 1 amide bonds. The molecule has 2 saturated heterocycles. The van der Waals surface area contributed by atoms with Gasteiger partial charge in [-0.2, -0.15) is 4.31 Å². The number of sulfonamides is 1. The number of aryl methyl sites for hydroxylation is 1. The molecule has 3 aliphatic rings. The van der Waals surface area contributed by atoms with Crippen LogP contribution >= 0.6 is 0 Å². The van der Waals surface area contributed by atoms with Gasteiger partial charge in [-0.15, -0.1) is 0 Å². The summed E-state index contributed by atoms with van der Waals surface area (Å²) in [7, 11) is -3.13. The van der Waals surface area contributed by atoms with Gasteiger partial charge in [-0.05, 0) is 42.0 Å². The average Bonchev–Trinajstić information content (AvgIpc) is 2.68. The largest absolute Gasteiger partial charge is 0.483 e. The number of benzene rings is 1. The van der Waals surface area contributed by atoms with Gasteiger partial charge in [-0.25, -0.2) is 13.2 Å². The van der Waals surface area contributed by atoms with Gasteiger partial charge in [0, 0.05) is 31.9 Å². The van der Waals surface area contributed by atoms with Gasteiger partial charge in [0.25, 0.3) is 0 Å². The summed E-state index contributed by atoms with van der Waals surface area (Å²) in [5, 5.41) is 0. The SMILES string of the molecule is CC(C)(C)COC(=O)N1CC2(CCc3cc(N4CCN(S(C)(=O)=O)CC4)ccc3O2)C1. The molecule has 0 N–H and O–H groups in total. The van der Waals surface area contributed by atoms with Crippen LogP contribution in [0.3, 0.4) is 0 Å². The second-order valence-corrected chi connectivity index (χ2v) is 12.2. The fourth-order valence-electron chi connectivity index (χ4n) is 4.35. The van der Waals surface area contributed by atoms with Crippen LogP contribution in [0, 0.1) is 5.41 Å². The van der Waals surface area contributed by atoms with Gasteiger partial charge in [0.15, 0.2) is 0 Å². The Bertz CT molecular complexity index is 942. The maximum Gasteiger partial charge on any atom is 0.410 e. The summed E-state index contributed by atoms with van der Waals surface area (Å²) >= 11 is 0. The highest BCUT2D eigenvalue weighted by atomic mass is 32.2. The quantitative estimate of drug-likeness (QED) is 0.702. The van der Waals surface area contributed by atoms with E-state index in [-0.39, 0.29) is 17.1 Å². The normalized spacial score (nSPS) is 21.3. The Morgan fingerprint density at radius 1 is 1.16 bits per heavy atom. The highest BCUT2D eigenvalue weighted by molar-refractivity contribution is 7.88. The molecule has 172 valence electrons. The number of piperazine rings is 1. The highest BCUT2D eigenvalue weighted by Crippen LogP contribution is 2.40. The molecule has 1 aromatic rings. The van der Waals surface area contributed by atoms with Crippen molar-refractivity contribution in [3.63, 3.8) is 0 Å². The van der Waals surface area contributed by atoms with Gasteiger partial charge in [0.1, 0.15) is 11.4 Å². The van der Waals surface area contributed by atoms with Crippen LogP contribution in [-0.4, -0.2) is 81.4 Å². The van der Waals surface area contributed by atoms with Crippen molar-refractivity contribution in [1.82, 2.24) is 9.21 Å². The van der Waals surface area contributed by atoms with Crippen LogP contribution in [0.2, 0.25) is 0 Å². The predicted octanol–water partition coefficient (Wildman–Crippen LogP) is 2.33. The summed E-state index contributed by atoms with van der Waals surface area (Å²) in [6.45, 7) is 10.0. The first kappa shape index (κ1) is 22.2. The lowest BCUT2D eigenvalue weighted by Crippen LogP contribution is -2.67. The predicted molar refractivity (Wildman–Crippen MR) is 119 cm³/mol. The van der Waals surface area contributed by atoms with Gasteiger partial charge in [0.05, 0.1) is 26.0 Å². The Morgan fingerprint density at radius 2 is 1.84 bits per heavy atom. The number of rotatable bonds is 3. The smallest absolute Gasteiger partial charge is 0.410 e. The van der Waals surface area contributed by atoms with Crippen molar-refractivity contribution >= 4 is 21.8 Å². The molecule has 0 atom stereocenters. The van der Waals surface area contributed by atoms with E-state index in [2.05, 4.69) is 11.0 Å². The molecule has 2 fully saturated rings. The van der Waals surface area contributed by atoms with E-state index < -0.39 is 10.0 Å². The van der Waals surface area contributed by atoms with Crippen molar-refractivity contribution in [2.24, 2.45) is 5.41 Å². The molecule has 1 aromatic carbocycles. The van der Waals surface area contributed by atoms with Crippen molar-refractivity contribution in [1.29, 1.82) is 0 Å². The lowest BCUT2D eigenvalue weighted by atomic mass is 9.84. The lowest BCUT2D eigenvalue weighted by Gasteiger charge is -2.51. The first-order valence-corrected chi connectivity index (χ1v) is 12.7. The number of amides is 1. The van der Waals surface area contributed by atoms with Crippen molar-refractivity contribution in [2.45, 2.75) is 39.2 Å². The van der Waals surface area contributed by atoms with Crippen LogP contribution < -0.4 is 9.64 Å². The van der Waals surface area contributed by atoms with Crippen molar-refractivity contribution < 1.29 is 22.7 Å². The molecule has 0 bridgehead atoms. The molecule has 3 aliphatic heterocycles. The van der Waals surface area contributed by atoms with Crippen LogP contribution in [0.15, 0.2) is 18.2 Å². The van der Waals surface area contributed by atoms with Crippen LogP contribution in [0.25, 0.3) is 0 Å². The molecule has 0 saturated carbocycles. The number of hydrogen-bond acceptors (Lipinski definition) is 6. The van der Waals surface area contributed by atoms with Gasteiger partial charge in [0.2, 0.25) is 10.0 Å². The molecule has 0 aromatic heterocycles. The Labute approximate surface area is 185 Å². The Balaban J connectivity index is 1.33. The average molecular weight is 452 g/mol. The third kappa shape index (κ3) is 4.92. The molecule has 31 heavy (non-hydrogen) atoms. The zero-order valence-electron chi connectivity index (χ0n) is 18.9. The van der Waals surface area contributed by atoms with Crippen LogP contribution in [0.1, 0.15) is 32.8 Å². The fourth-order valence-corrected chi connectivity index (χ4v) is 5.18. The summed E-state index contributed by atoms with van der Waals surface area (Å²) in [4.78, 5) is 16.2. The molecule has 1 spiro atoms. The molecule has 3 heterocycles. The minimum Gasteiger partial charge on any atom is -0.483 e. The summed E-state index contributed by atoms with van der Waals surface area (Å²) in [6, 6.07) is 6.21. The Kier molecular flexibility index (Phi) is 5.62. The Hall–Kier alpha value is -2.00. The molecule has 0 unspecified atom stereocenters. The number of carbonyl (C=O) groups is 1. The van der Waals surface area contributed by atoms with E-state index in [1.54, 1.807) is 4.90 Å². The van der Waals surface area contributed by atoms with Crippen molar-refractivity contribution in [3.05, 3.63) is 23.8 Å². The third-order valence-corrected chi connectivity index (χ3v) is 7.44. The molecular formula is C22H33N3O5S. The Morgan fingerprint density at radius 3 is 2.45 bits per heavy atom. The van der Waals surface area contributed by atoms with Crippen LogP contribution in [-0.2, 0) is 21.2 Å². The first-order valence-electron chi connectivity index (χ1n) is 10.9. The zero-order chi connectivity index (χ0) is 22.4. The van der Waals surface area contributed by atoms with E-state index in [9.17, 15) is 13.2 Å². The monoisotopic (exact) mass is 451 g/mol. The number of fused-ring (bicyclic) bond motifs is 1. The summed E-state index contributed by atoms with van der Waals surface area (Å²) in [6.07, 6.45) is 2.77. The summed E-state index contributed by atoms with van der Waals surface area (Å²) in [5.74, 6) is 0.882. The summed E-state index contributed by atoms with van der Waals surface area (Å²) < 4.78 is 36.7. The van der Waals surface area contributed by atoms with E-state index in [0.717, 1.165) is 24.3 Å². The van der Waals surface area contributed by atoms with Crippen LogP contribution in [0.5, 0.6) is 5.75 Å². The number of anilines is 1. The first-order chi connectivity index (χ1) is 14.4. The van der Waals surface area contributed by atoms with Crippen molar-refractivity contribution in [3.8, 4) is 5.75 Å². The number of likely N-dealkylation sites (tertiary alicyclic amines) is 1. The molecule has 8 nitrogen and oxygen atoms in total. The van der Waals surface area contributed by atoms with E-state index in [1.807, 2.05) is 32.9 Å². The van der Waals surface area contributed by atoms with Crippen LogP contribution in [0.4, 0.5) is 10.5 Å². The molecule has 4 rings (SSSR count). The van der Waals surface area contributed by atoms with E-state index in [0.29, 0.717) is 45.9 Å². The maximum absolute atomic E-state index is 12.2. The fraction of sp³-hybridized carbons (Fsp3) is 0.682. The second kappa shape index (κ2) is 7.85. The number of ether oxygens (including phenoxy) is 2. The maximum atomic E-state index is 12.2. The second-order valence-electron chi connectivity index (χ2n) is 10.2. The van der Waals surface area contributed by atoms with E-state index in [4.69, 9.17) is 9.47 Å². The van der Waals surface area contributed by atoms with Gasteiger partial charge < -0.3 is 19.3 Å². The topological polar surface area (TPSA) is 79.4 Å². The van der Waals surface area contributed by atoms with Gasteiger partial charge in [-0.3, -0.25) is 0 Å². The van der Waals surface area contributed by atoms with E-state index in [1.165, 1.54) is 16.1 Å². The summed E-state index contributed by atoms with van der Waals surface area (Å²) in [5.41, 5.74) is 1.92. The van der Waals surface area contributed by atoms with E-state index >= 15 is 0 Å².